The Hall–Kier alpha value is -1.86. The number of benzene rings is 1. The molecule has 0 atom stereocenters. The summed E-state index contributed by atoms with van der Waals surface area (Å²) in [5, 5.41) is 13.9. The second-order valence-electron chi connectivity index (χ2n) is 5.94. The number of hydrogen-bond acceptors (Lipinski definition) is 5. The van der Waals surface area contributed by atoms with Gasteiger partial charge in [-0.25, -0.2) is 5.43 Å². The molecule has 1 aliphatic rings. The third-order valence-electron chi connectivity index (χ3n) is 4.02. The standard InChI is InChI=1S/C17H20ClN5OS/c1-23-16(12-6-5-7-13(18)10-12)21-22-17(23)25-11-15(24)20-19-14-8-3-2-4-9-14/h5-7,10H,2-4,8-9,11H2,1H3,(H,20,24). The Bertz CT molecular complexity index is 781. The Morgan fingerprint density at radius 3 is 2.88 bits per heavy atom. The molecule has 1 amide bonds. The van der Waals surface area contributed by atoms with Gasteiger partial charge in [0.05, 0.1) is 5.75 Å². The number of rotatable bonds is 5. The molecule has 132 valence electrons. The average Bonchev–Trinajstić information content (AvgIpc) is 3.00. The van der Waals surface area contributed by atoms with Crippen LogP contribution in [0.5, 0.6) is 0 Å². The fraction of sp³-hybridized carbons (Fsp3) is 0.412. The van der Waals surface area contributed by atoms with Crippen molar-refractivity contribution < 1.29 is 4.79 Å². The predicted molar refractivity (Wildman–Crippen MR) is 101 cm³/mol. The minimum atomic E-state index is -0.129. The van der Waals surface area contributed by atoms with E-state index in [1.807, 2.05) is 35.9 Å². The van der Waals surface area contributed by atoms with Gasteiger partial charge in [0.2, 0.25) is 0 Å². The van der Waals surface area contributed by atoms with Gasteiger partial charge < -0.3 is 4.57 Å². The fourth-order valence-corrected chi connectivity index (χ4v) is 3.59. The molecule has 1 heterocycles. The normalized spacial score (nSPS) is 14.4. The monoisotopic (exact) mass is 377 g/mol. The lowest BCUT2D eigenvalue weighted by Crippen LogP contribution is -2.22. The summed E-state index contributed by atoms with van der Waals surface area (Å²) in [6.45, 7) is 0. The van der Waals surface area contributed by atoms with E-state index >= 15 is 0 Å². The molecule has 1 aromatic carbocycles. The molecule has 0 radical (unpaired) electrons. The second-order valence-corrected chi connectivity index (χ2v) is 7.32. The molecule has 0 aliphatic heterocycles. The molecule has 1 aliphatic carbocycles. The fourth-order valence-electron chi connectivity index (χ4n) is 2.70. The summed E-state index contributed by atoms with van der Waals surface area (Å²) >= 11 is 7.36. The predicted octanol–water partition coefficient (Wildman–Crippen LogP) is 3.66. The van der Waals surface area contributed by atoms with Crippen LogP contribution in [0, 0.1) is 0 Å². The van der Waals surface area contributed by atoms with E-state index in [4.69, 9.17) is 11.6 Å². The molecule has 1 aromatic heterocycles. The summed E-state index contributed by atoms with van der Waals surface area (Å²) in [4.78, 5) is 12.0. The maximum atomic E-state index is 12.0. The molecule has 0 bridgehead atoms. The van der Waals surface area contributed by atoms with Crippen LogP contribution in [0.15, 0.2) is 34.5 Å². The number of carbonyl (C=O) groups is 1. The molecule has 8 heteroatoms. The highest BCUT2D eigenvalue weighted by atomic mass is 35.5. The number of hydrazone groups is 1. The number of thioether (sulfide) groups is 1. The summed E-state index contributed by atoms with van der Waals surface area (Å²) in [6.07, 6.45) is 5.55. The molecule has 1 fully saturated rings. The number of nitrogens with one attached hydrogen (secondary N) is 1. The lowest BCUT2D eigenvalue weighted by atomic mass is 9.99. The SMILES string of the molecule is Cn1c(SCC(=O)NN=C2CCCCC2)nnc1-c1cccc(Cl)c1. The number of hydrogen-bond donors (Lipinski definition) is 1. The summed E-state index contributed by atoms with van der Waals surface area (Å²) < 4.78 is 1.86. The van der Waals surface area contributed by atoms with Crippen molar-refractivity contribution in [3.63, 3.8) is 0 Å². The quantitative estimate of drug-likeness (QED) is 0.637. The van der Waals surface area contributed by atoms with Crippen LogP contribution in [-0.2, 0) is 11.8 Å². The zero-order chi connectivity index (χ0) is 17.6. The summed E-state index contributed by atoms with van der Waals surface area (Å²) in [7, 11) is 1.87. The first-order valence-electron chi connectivity index (χ1n) is 8.26. The molecule has 3 rings (SSSR count). The third-order valence-corrected chi connectivity index (χ3v) is 5.27. The molecule has 6 nitrogen and oxygen atoms in total. The van der Waals surface area contributed by atoms with Crippen molar-refractivity contribution in [1.82, 2.24) is 20.2 Å². The van der Waals surface area contributed by atoms with E-state index in [-0.39, 0.29) is 11.7 Å². The van der Waals surface area contributed by atoms with Crippen molar-refractivity contribution in [2.75, 3.05) is 5.75 Å². The summed E-state index contributed by atoms with van der Waals surface area (Å²) in [5.74, 6) is 0.835. The van der Waals surface area contributed by atoms with Crippen LogP contribution < -0.4 is 5.43 Å². The maximum absolute atomic E-state index is 12.0. The van der Waals surface area contributed by atoms with Crippen LogP contribution >= 0.6 is 23.4 Å². The Balaban J connectivity index is 1.57. The molecular formula is C17H20ClN5OS. The van der Waals surface area contributed by atoms with E-state index in [1.54, 1.807) is 0 Å². The van der Waals surface area contributed by atoms with Crippen LogP contribution in [0.25, 0.3) is 11.4 Å². The first kappa shape index (κ1) is 17.9. The average molecular weight is 378 g/mol. The van der Waals surface area contributed by atoms with Gasteiger partial charge in [0.25, 0.3) is 5.91 Å². The molecule has 1 N–H and O–H groups in total. The van der Waals surface area contributed by atoms with Crippen LogP contribution in [0.2, 0.25) is 5.02 Å². The number of amides is 1. The van der Waals surface area contributed by atoms with Gasteiger partial charge in [0.1, 0.15) is 0 Å². The summed E-state index contributed by atoms with van der Waals surface area (Å²) in [5.41, 5.74) is 4.62. The molecule has 25 heavy (non-hydrogen) atoms. The topological polar surface area (TPSA) is 72.2 Å². The van der Waals surface area contributed by atoms with Gasteiger partial charge in [-0.1, -0.05) is 41.9 Å². The van der Waals surface area contributed by atoms with E-state index in [0.29, 0.717) is 16.0 Å². The van der Waals surface area contributed by atoms with E-state index < -0.39 is 0 Å². The molecule has 0 saturated heterocycles. The van der Waals surface area contributed by atoms with Crippen molar-refractivity contribution in [3.8, 4) is 11.4 Å². The van der Waals surface area contributed by atoms with E-state index in [1.165, 1.54) is 18.2 Å². The molecular weight excluding hydrogens is 358 g/mol. The number of carbonyl (C=O) groups excluding carboxylic acids is 1. The molecule has 0 unspecified atom stereocenters. The van der Waals surface area contributed by atoms with Crippen molar-refractivity contribution in [2.24, 2.45) is 12.1 Å². The Morgan fingerprint density at radius 2 is 2.12 bits per heavy atom. The van der Waals surface area contributed by atoms with Crippen LogP contribution in [0.4, 0.5) is 0 Å². The van der Waals surface area contributed by atoms with Crippen molar-refractivity contribution >= 4 is 35.0 Å². The Morgan fingerprint density at radius 1 is 1.32 bits per heavy atom. The van der Waals surface area contributed by atoms with Gasteiger partial charge in [0, 0.05) is 23.3 Å². The van der Waals surface area contributed by atoms with Crippen molar-refractivity contribution in [3.05, 3.63) is 29.3 Å². The number of nitrogens with zero attached hydrogens (tertiary/aromatic N) is 4. The van der Waals surface area contributed by atoms with Gasteiger partial charge in [0.15, 0.2) is 11.0 Å². The third kappa shape index (κ3) is 4.83. The summed E-state index contributed by atoms with van der Waals surface area (Å²) in [6, 6.07) is 7.45. The second kappa shape index (κ2) is 8.49. The van der Waals surface area contributed by atoms with Crippen LogP contribution in [0.3, 0.4) is 0 Å². The highest BCUT2D eigenvalue weighted by Gasteiger charge is 2.13. The van der Waals surface area contributed by atoms with E-state index in [0.717, 1.165) is 37.0 Å². The highest BCUT2D eigenvalue weighted by Crippen LogP contribution is 2.24. The molecule has 1 saturated carbocycles. The molecule has 0 spiro atoms. The van der Waals surface area contributed by atoms with Gasteiger partial charge in [-0.15, -0.1) is 10.2 Å². The Kier molecular flexibility index (Phi) is 6.09. The van der Waals surface area contributed by atoms with Gasteiger partial charge in [-0.05, 0) is 37.8 Å². The Labute approximate surface area is 156 Å². The first-order valence-corrected chi connectivity index (χ1v) is 9.62. The van der Waals surface area contributed by atoms with Gasteiger partial charge in [-0.3, -0.25) is 4.79 Å². The van der Waals surface area contributed by atoms with Gasteiger partial charge in [-0.2, -0.15) is 5.10 Å². The highest BCUT2D eigenvalue weighted by molar-refractivity contribution is 7.99. The molecule has 2 aromatic rings. The maximum Gasteiger partial charge on any atom is 0.250 e. The number of halogens is 1. The van der Waals surface area contributed by atoms with E-state index in [9.17, 15) is 4.79 Å². The lowest BCUT2D eigenvalue weighted by molar-refractivity contribution is -0.118. The van der Waals surface area contributed by atoms with Crippen molar-refractivity contribution in [1.29, 1.82) is 0 Å². The smallest absolute Gasteiger partial charge is 0.250 e. The van der Waals surface area contributed by atoms with Gasteiger partial charge >= 0.3 is 0 Å². The van der Waals surface area contributed by atoms with E-state index in [2.05, 4.69) is 20.7 Å². The zero-order valence-electron chi connectivity index (χ0n) is 14.0. The minimum absolute atomic E-state index is 0.129. The van der Waals surface area contributed by atoms with Crippen LogP contribution in [0.1, 0.15) is 32.1 Å². The van der Waals surface area contributed by atoms with Crippen molar-refractivity contribution in [2.45, 2.75) is 37.3 Å². The largest absolute Gasteiger partial charge is 0.305 e. The minimum Gasteiger partial charge on any atom is -0.305 e. The first-order chi connectivity index (χ1) is 12.1. The number of aromatic nitrogens is 3. The zero-order valence-corrected chi connectivity index (χ0v) is 15.6. The van der Waals surface area contributed by atoms with Crippen LogP contribution in [-0.4, -0.2) is 32.1 Å². The lowest BCUT2D eigenvalue weighted by Gasteiger charge is -2.11.